The summed E-state index contributed by atoms with van der Waals surface area (Å²) in [5, 5.41) is 0. The van der Waals surface area contributed by atoms with E-state index in [9.17, 15) is 9.59 Å². The largest absolute Gasteiger partial charge is 0.469 e. The first-order valence-corrected chi connectivity index (χ1v) is 5.43. The average Bonchev–Trinajstić information content (AvgIpc) is 2.76. The number of nitrogens with zero attached hydrogens (tertiary/aromatic N) is 1. The molecule has 0 unspecified atom stereocenters. The molecule has 1 heterocycles. The van der Waals surface area contributed by atoms with E-state index in [0.717, 1.165) is 18.5 Å². The Morgan fingerprint density at radius 2 is 2.19 bits per heavy atom. The second-order valence-corrected chi connectivity index (χ2v) is 3.59. The number of esters is 1. The van der Waals surface area contributed by atoms with Crippen molar-refractivity contribution >= 4 is 11.8 Å². The summed E-state index contributed by atoms with van der Waals surface area (Å²) in [6.45, 7) is 2.57. The van der Waals surface area contributed by atoms with Gasteiger partial charge in [0, 0.05) is 37.3 Å². The first kappa shape index (κ1) is 12.5. The minimum absolute atomic E-state index is 0.145. The van der Waals surface area contributed by atoms with Gasteiger partial charge in [-0.3, -0.25) is 9.59 Å². The fourth-order valence-corrected chi connectivity index (χ4v) is 1.46. The van der Waals surface area contributed by atoms with Gasteiger partial charge in [-0.1, -0.05) is 6.92 Å². The maximum Gasteiger partial charge on any atom is 0.305 e. The van der Waals surface area contributed by atoms with E-state index in [0.29, 0.717) is 12.8 Å². The number of ether oxygens (including phenoxy) is 1. The van der Waals surface area contributed by atoms with Crippen LogP contribution in [0.4, 0.5) is 0 Å². The van der Waals surface area contributed by atoms with Crippen molar-refractivity contribution in [3.63, 3.8) is 0 Å². The van der Waals surface area contributed by atoms with Gasteiger partial charge >= 0.3 is 5.97 Å². The summed E-state index contributed by atoms with van der Waals surface area (Å²) >= 11 is 0. The van der Waals surface area contributed by atoms with E-state index < -0.39 is 0 Å². The van der Waals surface area contributed by atoms with Gasteiger partial charge in [0.1, 0.15) is 0 Å². The van der Waals surface area contributed by atoms with Gasteiger partial charge in [0.15, 0.2) is 5.78 Å². The van der Waals surface area contributed by atoms with Crippen molar-refractivity contribution in [1.82, 2.24) is 4.57 Å². The van der Waals surface area contributed by atoms with Crippen molar-refractivity contribution in [3.05, 3.63) is 24.0 Å². The van der Waals surface area contributed by atoms with Gasteiger partial charge in [0.2, 0.25) is 0 Å². The molecule has 0 aromatic carbocycles. The zero-order chi connectivity index (χ0) is 12.0. The van der Waals surface area contributed by atoms with Gasteiger partial charge in [-0.15, -0.1) is 0 Å². The Kier molecular flexibility index (Phi) is 4.76. The van der Waals surface area contributed by atoms with Gasteiger partial charge < -0.3 is 9.30 Å². The van der Waals surface area contributed by atoms with Crippen LogP contribution in [0.1, 0.15) is 36.5 Å². The molecule has 0 aliphatic rings. The first-order chi connectivity index (χ1) is 7.67. The molecule has 0 aliphatic heterocycles. The summed E-state index contributed by atoms with van der Waals surface area (Å²) in [4.78, 5) is 22.2. The van der Waals surface area contributed by atoms with Crippen molar-refractivity contribution < 1.29 is 14.3 Å². The van der Waals surface area contributed by atoms with Crippen LogP contribution >= 0.6 is 0 Å². The number of hydrogen-bond donors (Lipinski definition) is 0. The van der Waals surface area contributed by atoms with Crippen LogP contribution in [-0.4, -0.2) is 23.4 Å². The number of hydrogen-bond acceptors (Lipinski definition) is 3. The molecule has 0 aliphatic carbocycles. The highest BCUT2D eigenvalue weighted by Gasteiger charge is 2.05. The highest BCUT2D eigenvalue weighted by atomic mass is 16.5. The number of carbonyl (C=O) groups is 2. The van der Waals surface area contributed by atoms with E-state index in [1.54, 1.807) is 0 Å². The number of aryl methyl sites for hydroxylation is 1. The van der Waals surface area contributed by atoms with E-state index in [-0.39, 0.29) is 11.8 Å². The molecule has 0 bridgehead atoms. The van der Waals surface area contributed by atoms with Gasteiger partial charge in [-0.2, -0.15) is 0 Å². The van der Waals surface area contributed by atoms with Crippen LogP contribution in [0.5, 0.6) is 0 Å². The summed E-state index contributed by atoms with van der Waals surface area (Å²) in [5.74, 6) is -0.0521. The number of aromatic nitrogens is 1. The Bertz CT molecular complexity index is 368. The van der Waals surface area contributed by atoms with Gasteiger partial charge in [0.05, 0.1) is 7.11 Å². The minimum atomic E-state index is -0.197. The van der Waals surface area contributed by atoms with Crippen LogP contribution in [0.2, 0.25) is 0 Å². The number of Topliss-reactive ketones (excluding diaryl/α,β-unsaturated/α-hetero) is 1. The third kappa shape index (κ3) is 3.53. The summed E-state index contributed by atoms with van der Waals surface area (Å²) < 4.78 is 6.47. The standard InChI is InChI=1S/C12H17NO3/c1-3-11(14)10-6-8-13(9-10)7-4-5-12(15)16-2/h6,8-9H,3-5,7H2,1-2H3. The Hall–Kier alpha value is -1.58. The quantitative estimate of drug-likeness (QED) is 0.547. The van der Waals surface area contributed by atoms with Crippen LogP contribution in [-0.2, 0) is 16.1 Å². The lowest BCUT2D eigenvalue weighted by molar-refractivity contribution is -0.140. The maximum atomic E-state index is 11.4. The van der Waals surface area contributed by atoms with Crippen molar-refractivity contribution in [3.8, 4) is 0 Å². The third-order valence-electron chi connectivity index (χ3n) is 2.42. The number of carbonyl (C=O) groups excluding carboxylic acids is 2. The van der Waals surface area contributed by atoms with E-state index >= 15 is 0 Å². The number of rotatable bonds is 6. The SMILES string of the molecule is CCC(=O)c1ccn(CCCC(=O)OC)c1. The Morgan fingerprint density at radius 3 is 2.81 bits per heavy atom. The molecular formula is C12H17NO3. The van der Waals surface area contributed by atoms with Crippen molar-refractivity contribution in [2.45, 2.75) is 32.7 Å². The van der Waals surface area contributed by atoms with Gasteiger partial charge in [-0.25, -0.2) is 0 Å². The van der Waals surface area contributed by atoms with Crippen molar-refractivity contribution in [1.29, 1.82) is 0 Å². The predicted molar refractivity (Wildman–Crippen MR) is 60.3 cm³/mol. The van der Waals surface area contributed by atoms with Crippen molar-refractivity contribution in [2.75, 3.05) is 7.11 Å². The Morgan fingerprint density at radius 1 is 1.44 bits per heavy atom. The zero-order valence-electron chi connectivity index (χ0n) is 9.73. The summed E-state index contributed by atoms with van der Waals surface area (Å²) in [7, 11) is 1.38. The van der Waals surface area contributed by atoms with Crippen molar-refractivity contribution in [2.24, 2.45) is 0 Å². The number of methoxy groups -OCH3 is 1. The molecule has 4 heteroatoms. The lowest BCUT2D eigenvalue weighted by atomic mass is 10.2. The lowest BCUT2D eigenvalue weighted by Gasteiger charge is -2.01. The molecule has 1 rings (SSSR count). The van der Waals surface area contributed by atoms with Crippen LogP contribution in [0.3, 0.4) is 0 Å². The third-order valence-corrected chi connectivity index (χ3v) is 2.42. The van der Waals surface area contributed by atoms with E-state index in [2.05, 4.69) is 4.74 Å². The highest BCUT2D eigenvalue weighted by Crippen LogP contribution is 2.06. The second kappa shape index (κ2) is 6.10. The van der Waals surface area contributed by atoms with Crippen LogP contribution in [0.15, 0.2) is 18.5 Å². The topological polar surface area (TPSA) is 48.3 Å². The van der Waals surface area contributed by atoms with Crippen LogP contribution < -0.4 is 0 Å². The lowest BCUT2D eigenvalue weighted by Crippen LogP contribution is -2.03. The van der Waals surface area contributed by atoms with E-state index in [1.165, 1.54) is 7.11 Å². The highest BCUT2D eigenvalue weighted by molar-refractivity contribution is 5.95. The second-order valence-electron chi connectivity index (χ2n) is 3.59. The molecule has 1 aromatic heterocycles. The summed E-state index contributed by atoms with van der Waals surface area (Å²) in [5.41, 5.74) is 0.737. The molecule has 0 N–H and O–H groups in total. The fourth-order valence-electron chi connectivity index (χ4n) is 1.46. The molecule has 16 heavy (non-hydrogen) atoms. The molecule has 0 saturated carbocycles. The van der Waals surface area contributed by atoms with Crippen LogP contribution in [0.25, 0.3) is 0 Å². The Labute approximate surface area is 95.2 Å². The molecule has 0 fully saturated rings. The molecule has 88 valence electrons. The molecule has 4 nitrogen and oxygen atoms in total. The summed E-state index contributed by atoms with van der Waals surface area (Å²) in [6.07, 6.45) is 5.34. The minimum Gasteiger partial charge on any atom is -0.469 e. The fraction of sp³-hybridized carbons (Fsp3) is 0.500. The predicted octanol–water partition coefficient (Wildman–Crippen LogP) is 2.03. The molecule has 0 spiro atoms. The number of ketones is 1. The molecule has 1 aromatic rings. The van der Waals surface area contributed by atoms with E-state index in [4.69, 9.17) is 0 Å². The average molecular weight is 223 g/mol. The van der Waals surface area contributed by atoms with Gasteiger partial charge in [0.25, 0.3) is 0 Å². The zero-order valence-corrected chi connectivity index (χ0v) is 9.73. The Balaban J connectivity index is 2.41. The van der Waals surface area contributed by atoms with Crippen LogP contribution in [0, 0.1) is 0 Å². The molecular weight excluding hydrogens is 206 g/mol. The first-order valence-electron chi connectivity index (χ1n) is 5.43. The molecule has 0 atom stereocenters. The molecule has 0 saturated heterocycles. The molecule has 0 radical (unpaired) electrons. The van der Waals surface area contributed by atoms with E-state index in [1.807, 2.05) is 30.0 Å². The smallest absolute Gasteiger partial charge is 0.305 e. The monoisotopic (exact) mass is 223 g/mol. The maximum absolute atomic E-state index is 11.4. The summed E-state index contributed by atoms with van der Waals surface area (Å²) in [6, 6.07) is 1.81. The normalized spacial score (nSPS) is 10.1. The molecule has 0 amide bonds. The van der Waals surface area contributed by atoms with Gasteiger partial charge in [-0.05, 0) is 12.5 Å².